The van der Waals surface area contributed by atoms with Gasteiger partial charge >= 0.3 is 0 Å². The van der Waals surface area contributed by atoms with E-state index in [1.54, 1.807) is 10.9 Å². The minimum atomic E-state index is -0.331. The molecular weight excluding hydrogens is 178 g/mol. The second-order valence-corrected chi connectivity index (χ2v) is 4.45. The molecule has 1 rings (SSSR count). The van der Waals surface area contributed by atoms with Gasteiger partial charge in [0.1, 0.15) is 0 Å². The van der Waals surface area contributed by atoms with E-state index in [0.29, 0.717) is 6.54 Å². The van der Waals surface area contributed by atoms with E-state index < -0.39 is 0 Å². The van der Waals surface area contributed by atoms with Gasteiger partial charge in [0, 0.05) is 30.8 Å². The molecule has 4 nitrogen and oxygen atoms in total. The molecule has 0 unspecified atom stereocenters. The number of nitrogens with one attached hydrogen (secondary N) is 1. The van der Waals surface area contributed by atoms with Crippen LogP contribution < -0.4 is 5.32 Å². The average Bonchev–Trinajstić information content (AvgIpc) is 2.45. The highest BCUT2D eigenvalue weighted by Crippen LogP contribution is 2.12. The molecule has 0 radical (unpaired) electrons. The molecule has 14 heavy (non-hydrogen) atoms. The van der Waals surface area contributed by atoms with Crippen molar-refractivity contribution in [1.29, 1.82) is 0 Å². The molecule has 1 aromatic rings. The molecule has 0 aromatic carbocycles. The van der Waals surface area contributed by atoms with Gasteiger partial charge in [-0.15, -0.1) is 0 Å². The lowest BCUT2D eigenvalue weighted by Gasteiger charge is -2.16. The molecule has 1 heterocycles. The van der Waals surface area contributed by atoms with Crippen LogP contribution in [0.4, 0.5) is 0 Å². The molecule has 4 heteroatoms. The third kappa shape index (κ3) is 2.87. The molecule has 0 fully saturated rings. The summed E-state index contributed by atoms with van der Waals surface area (Å²) in [5.41, 5.74) is 0.687. The van der Waals surface area contributed by atoms with Gasteiger partial charge in [-0.05, 0) is 0 Å². The van der Waals surface area contributed by atoms with Crippen molar-refractivity contribution in [2.45, 2.75) is 27.3 Å². The quantitative estimate of drug-likeness (QED) is 0.767. The summed E-state index contributed by atoms with van der Waals surface area (Å²) in [7, 11) is 1.86. The van der Waals surface area contributed by atoms with Crippen LogP contribution in [0.3, 0.4) is 0 Å². The van der Waals surface area contributed by atoms with Gasteiger partial charge < -0.3 is 5.32 Å². The summed E-state index contributed by atoms with van der Waals surface area (Å²) < 4.78 is 1.72. The molecule has 0 aliphatic heterocycles. The Kier molecular flexibility index (Phi) is 2.93. The SMILES string of the molecule is Cn1cc(CNC(=O)C(C)(C)C)cn1. The molecule has 0 atom stereocenters. The van der Waals surface area contributed by atoms with Gasteiger partial charge in [0.2, 0.25) is 5.91 Å². The lowest BCUT2D eigenvalue weighted by atomic mass is 9.96. The van der Waals surface area contributed by atoms with Crippen molar-refractivity contribution >= 4 is 5.91 Å². The number of aryl methyl sites for hydroxylation is 1. The molecule has 78 valence electrons. The molecule has 1 N–H and O–H groups in total. The number of carbonyl (C=O) groups is 1. The van der Waals surface area contributed by atoms with Gasteiger partial charge in [0.25, 0.3) is 0 Å². The van der Waals surface area contributed by atoms with E-state index in [9.17, 15) is 4.79 Å². The maximum Gasteiger partial charge on any atom is 0.225 e. The van der Waals surface area contributed by atoms with Crippen molar-refractivity contribution in [2.24, 2.45) is 12.5 Å². The van der Waals surface area contributed by atoms with E-state index >= 15 is 0 Å². The standard InChI is InChI=1S/C10H17N3O/c1-10(2,3)9(14)11-5-8-6-12-13(4)7-8/h6-7H,5H2,1-4H3,(H,11,14). The van der Waals surface area contributed by atoms with Crippen LogP contribution in [0.15, 0.2) is 12.4 Å². The molecule has 1 aromatic heterocycles. The third-order valence-corrected chi connectivity index (χ3v) is 1.89. The van der Waals surface area contributed by atoms with Crippen LogP contribution in [-0.4, -0.2) is 15.7 Å². The Labute approximate surface area is 84.3 Å². The predicted molar refractivity (Wildman–Crippen MR) is 54.5 cm³/mol. The van der Waals surface area contributed by atoms with Crippen molar-refractivity contribution in [2.75, 3.05) is 0 Å². The molecule has 0 aliphatic carbocycles. The Balaban J connectivity index is 2.46. The Morgan fingerprint density at radius 3 is 2.64 bits per heavy atom. The maximum atomic E-state index is 11.5. The van der Waals surface area contributed by atoms with E-state index in [1.807, 2.05) is 34.0 Å². The highest BCUT2D eigenvalue weighted by molar-refractivity contribution is 5.81. The Morgan fingerprint density at radius 2 is 2.21 bits per heavy atom. The fourth-order valence-electron chi connectivity index (χ4n) is 1.01. The van der Waals surface area contributed by atoms with Crippen LogP contribution in [0.1, 0.15) is 26.3 Å². The fraction of sp³-hybridized carbons (Fsp3) is 0.600. The minimum Gasteiger partial charge on any atom is -0.351 e. The Hall–Kier alpha value is -1.32. The van der Waals surface area contributed by atoms with Crippen LogP contribution in [0.5, 0.6) is 0 Å². The molecular formula is C10H17N3O. The van der Waals surface area contributed by atoms with E-state index in [4.69, 9.17) is 0 Å². The third-order valence-electron chi connectivity index (χ3n) is 1.89. The summed E-state index contributed by atoms with van der Waals surface area (Å²) >= 11 is 0. The van der Waals surface area contributed by atoms with Crippen molar-refractivity contribution < 1.29 is 4.79 Å². The van der Waals surface area contributed by atoms with Gasteiger partial charge in [-0.1, -0.05) is 20.8 Å². The highest BCUT2D eigenvalue weighted by Gasteiger charge is 2.20. The molecule has 0 spiro atoms. The van der Waals surface area contributed by atoms with E-state index in [0.717, 1.165) is 5.56 Å². The number of hydrogen-bond donors (Lipinski definition) is 1. The molecule has 0 saturated heterocycles. The van der Waals surface area contributed by atoms with Gasteiger partial charge in [0.05, 0.1) is 6.20 Å². The first-order valence-electron chi connectivity index (χ1n) is 4.65. The topological polar surface area (TPSA) is 46.9 Å². The van der Waals surface area contributed by atoms with Crippen molar-refractivity contribution in [3.05, 3.63) is 18.0 Å². The minimum absolute atomic E-state index is 0.0568. The molecule has 1 amide bonds. The van der Waals surface area contributed by atoms with Gasteiger partial charge in [-0.25, -0.2) is 0 Å². The Morgan fingerprint density at radius 1 is 1.57 bits per heavy atom. The largest absolute Gasteiger partial charge is 0.351 e. The van der Waals surface area contributed by atoms with Gasteiger partial charge in [0.15, 0.2) is 0 Å². The number of carbonyl (C=O) groups excluding carboxylic acids is 1. The smallest absolute Gasteiger partial charge is 0.225 e. The number of aromatic nitrogens is 2. The van der Waals surface area contributed by atoms with Crippen LogP contribution in [-0.2, 0) is 18.4 Å². The lowest BCUT2D eigenvalue weighted by Crippen LogP contribution is -2.34. The summed E-state index contributed by atoms with van der Waals surface area (Å²) in [6.45, 7) is 6.23. The summed E-state index contributed by atoms with van der Waals surface area (Å²) in [4.78, 5) is 11.5. The number of nitrogens with zero attached hydrogens (tertiary/aromatic N) is 2. The van der Waals surface area contributed by atoms with Crippen LogP contribution in [0, 0.1) is 5.41 Å². The van der Waals surface area contributed by atoms with Crippen LogP contribution >= 0.6 is 0 Å². The average molecular weight is 195 g/mol. The molecule has 0 bridgehead atoms. The predicted octanol–water partition coefficient (Wildman–Crippen LogP) is 1.08. The number of rotatable bonds is 2. The van der Waals surface area contributed by atoms with Crippen molar-refractivity contribution in [3.8, 4) is 0 Å². The first-order chi connectivity index (χ1) is 6.39. The number of hydrogen-bond acceptors (Lipinski definition) is 2. The van der Waals surface area contributed by atoms with E-state index in [-0.39, 0.29) is 11.3 Å². The zero-order chi connectivity index (χ0) is 10.8. The summed E-state index contributed by atoms with van der Waals surface area (Å²) in [5, 5.41) is 6.88. The molecule has 0 saturated carbocycles. The van der Waals surface area contributed by atoms with Gasteiger partial charge in [-0.2, -0.15) is 5.10 Å². The molecule has 0 aliphatic rings. The highest BCUT2D eigenvalue weighted by atomic mass is 16.2. The summed E-state index contributed by atoms with van der Waals surface area (Å²) in [6, 6.07) is 0. The monoisotopic (exact) mass is 195 g/mol. The fourth-order valence-corrected chi connectivity index (χ4v) is 1.01. The normalized spacial score (nSPS) is 11.4. The van der Waals surface area contributed by atoms with Crippen molar-refractivity contribution in [3.63, 3.8) is 0 Å². The second kappa shape index (κ2) is 3.82. The zero-order valence-electron chi connectivity index (χ0n) is 9.16. The van der Waals surface area contributed by atoms with Crippen LogP contribution in [0.2, 0.25) is 0 Å². The first-order valence-corrected chi connectivity index (χ1v) is 4.65. The summed E-state index contributed by atoms with van der Waals surface area (Å²) in [5.74, 6) is 0.0568. The maximum absolute atomic E-state index is 11.5. The van der Waals surface area contributed by atoms with Gasteiger partial charge in [-0.3, -0.25) is 9.48 Å². The van der Waals surface area contributed by atoms with Crippen molar-refractivity contribution in [1.82, 2.24) is 15.1 Å². The lowest BCUT2D eigenvalue weighted by molar-refractivity contribution is -0.128. The first kappa shape index (κ1) is 10.8. The van der Waals surface area contributed by atoms with E-state index in [2.05, 4.69) is 10.4 Å². The van der Waals surface area contributed by atoms with E-state index in [1.165, 1.54) is 0 Å². The summed E-state index contributed by atoms with van der Waals surface area (Å²) in [6.07, 6.45) is 3.64. The second-order valence-electron chi connectivity index (χ2n) is 4.45. The zero-order valence-corrected chi connectivity index (χ0v) is 9.16. The number of amides is 1. The Bertz CT molecular complexity index is 322. The van der Waals surface area contributed by atoms with Crippen LogP contribution in [0.25, 0.3) is 0 Å².